The summed E-state index contributed by atoms with van der Waals surface area (Å²) in [5.41, 5.74) is 0.816. The fourth-order valence-corrected chi connectivity index (χ4v) is 1.57. The molecule has 1 aromatic carbocycles. The first-order chi connectivity index (χ1) is 7.61. The summed E-state index contributed by atoms with van der Waals surface area (Å²) in [6, 6.07) is 5.77. The van der Waals surface area contributed by atoms with Gasteiger partial charge in [0.1, 0.15) is 17.1 Å². The standard InChI is InChI=1S/C13H16O3/c1-13(2)7-6-10-4-5-11(15-9-14-3)8-12(10)16-13/h4-8H,9H2,1-3H3. The van der Waals surface area contributed by atoms with Gasteiger partial charge >= 0.3 is 0 Å². The number of hydrogen-bond donors (Lipinski definition) is 0. The second-order valence-corrected chi connectivity index (χ2v) is 4.29. The predicted molar refractivity (Wildman–Crippen MR) is 62.7 cm³/mol. The minimum Gasteiger partial charge on any atom is -0.483 e. The van der Waals surface area contributed by atoms with Crippen LogP contribution in [0.1, 0.15) is 19.4 Å². The van der Waals surface area contributed by atoms with Crippen molar-refractivity contribution < 1.29 is 14.2 Å². The second kappa shape index (κ2) is 4.18. The molecule has 0 saturated heterocycles. The Morgan fingerprint density at radius 3 is 2.88 bits per heavy atom. The molecule has 1 heterocycles. The van der Waals surface area contributed by atoms with E-state index < -0.39 is 0 Å². The largest absolute Gasteiger partial charge is 0.483 e. The van der Waals surface area contributed by atoms with Crippen molar-refractivity contribution in [1.82, 2.24) is 0 Å². The molecule has 0 atom stereocenters. The van der Waals surface area contributed by atoms with Crippen molar-refractivity contribution in [2.24, 2.45) is 0 Å². The molecule has 3 nitrogen and oxygen atoms in total. The molecule has 1 aromatic rings. The molecule has 0 aliphatic carbocycles. The van der Waals surface area contributed by atoms with Crippen LogP contribution in [0.25, 0.3) is 6.08 Å². The molecule has 0 N–H and O–H groups in total. The molecule has 0 bridgehead atoms. The first kappa shape index (κ1) is 11.0. The van der Waals surface area contributed by atoms with Crippen molar-refractivity contribution in [2.45, 2.75) is 19.4 Å². The van der Waals surface area contributed by atoms with Gasteiger partial charge < -0.3 is 14.2 Å². The third-order valence-electron chi connectivity index (χ3n) is 2.37. The highest BCUT2D eigenvalue weighted by atomic mass is 16.7. The zero-order valence-electron chi connectivity index (χ0n) is 9.82. The lowest BCUT2D eigenvalue weighted by Gasteiger charge is -2.28. The Hall–Kier alpha value is -1.48. The third kappa shape index (κ3) is 2.36. The summed E-state index contributed by atoms with van der Waals surface area (Å²) in [7, 11) is 1.60. The molecule has 1 aliphatic heterocycles. The maximum absolute atomic E-state index is 5.83. The maximum Gasteiger partial charge on any atom is 0.188 e. The van der Waals surface area contributed by atoms with Crippen molar-refractivity contribution in [2.75, 3.05) is 13.9 Å². The molecule has 0 saturated carbocycles. The molecule has 1 aliphatic rings. The molecule has 0 fully saturated rings. The van der Waals surface area contributed by atoms with E-state index in [1.165, 1.54) is 0 Å². The Morgan fingerprint density at radius 1 is 1.31 bits per heavy atom. The van der Waals surface area contributed by atoms with Crippen LogP contribution < -0.4 is 9.47 Å². The highest BCUT2D eigenvalue weighted by Gasteiger charge is 2.21. The van der Waals surface area contributed by atoms with Gasteiger partial charge in [0, 0.05) is 18.7 Å². The lowest BCUT2D eigenvalue weighted by molar-refractivity contribution is 0.0507. The van der Waals surface area contributed by atoms with Gasteiger partial charge in [0.05, 0.1) is 0 Å². The quantitative estimate of drug-likeness (QED) is 0.733. The predicted octanol–water partition coefficient (Wildman–Crippen LogP) is 2.85. The fourth-order valence-electron chi connectivity index (χ4n) is 1.57. The number of methoxy groups -OCH3 is 1. The van der Waals surface area contributed by atoms with E-state index >= 15 is 0 Å². The summed E-state index contributed by atoms with van der Waals surface area (Å²) in [6.07, 6.45) is 4.12. The SMILES string of the molecule is COCOc1ccc2c(c1)OC(C)(C)C=C2. The highest BCUT2D eigenvalue weighted by Crippen LogP contribution is 2.33. The van der Waals surface area contributed by atoms with Crippen LogP contribution in [0.2, 0.25) is 0 Å². The summed E-state index contributed by atoms with van der Waals surface area (Å²) in [4.78, 5) is 0. The van der Waals surface area contributed by atoms with Crippen molar-refractivity contribution in [1.29, 1.82) is 0 Å². The summed E-state index contributed by atoms with van der Waals surface area (Å²) in [6.45, 7) is 4.29. The molecule has 0 spiro atoms. The van der Waals surface area contributed by atoms with Crippen LogP contribution in [-0.2, 0) is 4.74 Å². The van der Waals surface area contributed by atoms with Gasteiger partial charge in [0.2, 0.25) is 0 Å². The Labute approximate surface area is 95.6 Å². The van der Waals surface area contributed by atoms with Crippen LogP contribution in [-0.4, -0.2) is 19.5 Å². The van der Waals surface area contributed by atoms with Gasteiger partial charge in [0.25, 0.3) is 0 Å². The van der Waals surface area contributed by atoms with Gasteiger partial charge in [-0.25, -0.2) is 0 Å². The van der Waals surface area contributed by atoms with E-state index in [4.69, 9.17) is 14.2 Å². The molecule has 0 aromatic heterocycles. The lowest BCUT2D eigenvalue weighted by Crippen LogP contribution is -2.27. The summed E-state index contributed by atoms with van der Waals surface area (Å²) in [5, 5.41) is 0. The number of benzene rings is 1. The monoisotopic (exact) mass is 220 g/mol. The van der Waals surface area contributed by atoms with Crippen LogP contribution in [0.4, 0.5) is 0 Å². The smallest absolute Gasteiger partial charge is 0.188 e. The molecule has 16 heavy (non-hydrogen) atoms. The summed E-state index contributed by atoms with van der Waals surface area (Å²) < 4.78 is 16.0. The van der Waals surface area contributed by atoms with Gasteiger partial charge in [-0.15, -0.1) is 0 Å². The van der Waals surface area contributed by atoms with Crippen LogP contribution in [0, 0.1) is 0 Å². The van der Waals surface area contributed by atoms with E-state index in [-0.39, 0.29) is 12.4 Å². The van der Waals surface area contributed by atoms with E-state index in [1.807, 2.05) is 38.1 Å². The Morgan fingerprint density at radius 2 is 2.12 bits per heavy atom. The van der Waals surface area contributed by atoms with Crippen LogP contribution in [0.5, 0.6) is 11.5 Å². The summed E-state index contributed by atoms with van der Waals surface area (Å²) >= 11 is 0. The molecule has 0 amide bonds. The van der Waals surface area contributed by atoms with E-state index in [9.17, 15) is 0 Å². The zero-order chi connectivity index (χ0) is 11.6. The number of fused-ring (bicyclic) bond motifs is 1. The van der Waals surface area contributed by atoms with Crippen LogP contribution in [0.15, 0.2) is 24.3 Å². The number of ether oxygens (including phenoxy) is 3. The highest BCUT2D eigenvalue weighted by molar-refractivity contribution is 5.62. The molecular formula is C13H16O3. The van der Waals surface area contributed by atoms with E-state index in [2.05, 4.69) is 6.08 Å². The van der Waals surface area contributed by atoms with Crippen molar-refractivity contribution >= 4 is 6.08 Å². The summed E-state index contributed by atoms with van der Waals surface area (Å²) in [5.74, 6) is 1.60. The molecule has 86 valence electrons. The average molecular weight is 220 g/mol. The minimum absolute atomic E-state index is 0.248. The van der Waals surface area contributed by atoms with E-state index in [0.717, 1.165) is 17.1 Å². The Bertz CT molecular complexity index is 408. The Kier molecular flexibility index (Phi) is 2.88. The van der Waals surface area contributed by atoms with E-state index in [1.54, 1.807) is 7.11 Å². The van der Waals surface area contributed by atoms with Crippen LogP contribution in [0.3, 0.4) is 0 Å². The Balaban J connectivity index is 2.22. The maximum atomic E-state index is 5.83. The lowest BCUT2D eigenvalue weighted by atomic mass is 10.0. The molecule has 0 radical (unpaired) electrons. The normalized spacial score (nSPS) is 16.4. The van der Waals surface area contributed by atoms with Gasteiger partial charge in [-0.1, -0.05) is 6.08 Å². The van der Waals surface area contributed by atoms with E-state index in [0.29, 0.717) is 0 Å². The fraction of sp³-hybridized carbons (Fsp3) is 0.385. The molecule has 3 heteroatoms. The number of hydrogen-bond acceptors (Lipinski definition) is 3. The van der Waals surface area contributed by atoms with Gasteiger partial charge in [0.15, 0.2) is 6.79 Å². The van der Waals surface area contributed by atoms with Crippen molar-refractivity contribution in [3.8, 4) is 11.5 Å². The van der Waals surface area contributed by atoms with Gasteiger partial charge in [-0.05, 0) is 32.1 Å². The molecule has 0 unspecified atom stereocenters. The van der Waals surface area contributed by atoms with Gasteiger partial charge in [-0.2, -0.15) is 0 Å². The van der Waals surface area contributed by atoms with Crippen molar-refractivity contribution in [3.05, 3.63) is 29.8 Å². The first-order valence-electron chi connectivity index (χ1n) is 5.25. The van der Waals surface area contributed by atoms with Gasteiger partial charge in [-0.3, -0.25) is 0 Å². The first-order valence-corrected chi connectivity index (χ1v) is 5.25. The third-order valence-corrected chi connectivity index (χ3v) is 2.37. The zero-order valence-corrected chi connectivity index (χ0v) is 9.82. The number of rotatable bonds is 3. The minimum atomic E-state index is -0.257. The van der Waals surface area contributed by atoms with Crippen LogP contribution >= 0.6 is 0 Å². The topological polar surface area (TPSA) is 27.7 Å². The van der Waals surface area contributed by atoms with Crippen molar-refractivity contribution in [3.63, 3.8) is 0 Å². The molecular weight excluding hydrogens is 204 g/mol. The average Bonchev–Trinajstić information content (AvgIpc) is 2.24. The molecule has 2 rings (SSSR count). The second-order valence-electron chi connectivity index (χ2n) is 4.29.